The Bertz CT molecular complexity index is 1090. The smallest absolute Gasteiger partial charge is 0.319 e. The first kappa shape index (κ1) is 22.0. The van der Waals surface area contributed by atoms with E-state index in [1.807, 2.05) is 41.9 Å². The maximum Gasteiger partial charge on any atom is 0.319 e. The van der Waals surface area contributed by atoms with Crippen molar-refractivity contribution < 1.29 is 4.79 Å². The number of aromatic nitrogens is 4. The lowest BCUT2D eigenvalue weighted by Gasteiger charge is -2.16. The first-order chi connectivity index (χ1) is 15.5. The molecule has 2 N–H and O–H groups in total. The Morgan fingerprint density at radius 2 is 1.97 bits per heavy atom. The van der Waals surface area contributed by atoms with Gasteiger partial charge >= 0.3 is 6.03 Å². The van der Waals surface area contributed by atoms with E-state index in [0.717, 1.165) is 41.9 Å². The van der Waals surface area contributed by atoms with Crippen molar-refractivity contribution >= 4 is 11.7 Å². The molecule has 1 saturated carbocycles. The average molecular weight is 434 g/mol. The highest BCUT2D eigenvalue weighted by atomic mass is 16.2. The van der Waals surface area contributed by atoms with Gasteiger partial charge in [0.05, 0.1) is 11.7 Å². The highest BCUT2D eigenvalue weighted by Gasteiger charge is 2.37. The average Bonchev–Trinajstić information content (AvgIpc) is 3.31. The third kappa shape index (κ3) is 4.96. The minimum Gasteiger partial charge on any atom is -0.334 e. The fraction of sp³-hybridized carbons (Fsp3) is 0.417. The van der Waals surface area contributed by atoms with Gasteiger partial charge in [-0.2, -0.15) is 0 Å². The summed E-state index contributed by atoms with van der Waals surface area (Å²) < 4.78 is 1.88. The number of nitrogens with one attached hydrogen (secondary N) is 2. The minimum atomic E-state index is -0.254. The number of hydrogen-bond acceptors (Lipinski definition) is 5. The zero-order chi connectivity index (χ0) is 22.7. The SMILES string of the molecule is CCN(C)Cc1cccc(CNC(=O)Nc2c(C)cccc2-c2nnnn2[C@@H]2C[C@H]2C)c1. The molecule has 1 aliphatic carbocycles. The number of anilines is 1. The quantitative estimate of drug-likeness (QED) is 0.561. The fourth-order valence-electron chi connectivity index (χ4n) is 3.86. The first-order valence-corrected chi connectivity index (χ1v) is 11.1. The van der Waals surface area contributed by atoms with Crippen LogP contribution in [0.25, 0.3) is 11.4 Å². The second-order valence-corrected chi connectivity index (χ2v) is 8.68. The Hall–Kier alpha value is -3.26. The summed E-state index contributed by atoms with van der Waals surface area (Å²) >= 11 is 0. The molecule has 32 heavy (non-hydrogen) atoms. The van der Waals surface area contributed by atoms with Gasteiger partial charge in [-0.25, -0.2) is 9.48 Å². The normalized spacial score (nSPS) is 17.4. The Kier molecular flexibility index (Phi) is 6.50. The Labute approximate surface area is 189 Å². The number of benzene rings is 2. The monoisotopic (exact) mass is 433 g/mol. The summed E-state index contributed by atoms with van der Waals surface area (Å²) in [5.74, 6) is 1.25. The predicted octanol–water partition coefficient (Wildman–Crippen LogP) is 4.00. The first-order valence-electron chi connectivity index (χ1n) is 11.1. The molecule has 2 atom stereocenters. The summed E-state index contributed by atoms with van der Waals surface area (Å²) in [7, 11) is 2.10. The van der Waals surface area contributed by atoms with Crippen LogP contribution >= 0.6 is 0 Å². The van der Waals surface area contributed by atoms with Crippen molar-refractivity contribution in [3.05, 3.63) is 59.2 Å². The van der Waals surface area contributed by atoms with Crippen molar-refractivity contribution in [1.29, 1.82) is 0 Å². The second kappa shape index (κ2) is 9.48. The molecule has 1 aliphatic rings. The minimum absolute atomic E-state index is 0.254. The number of carbonyl (C=O) groups excluding carboxylic acids is 1. The molecule has 2 aromatic carbocycles. The lowest BCUT2D eigenvalue weighted by atomic mass is 10.1. The van der Waals surface area contributed by atoms with Crippen LogP contribution < -0.4 is 10.6 Å². The van der Waals surface area contributed by atoms with Crippen LogP contribution in [0.3, 0.4) is 0 Å². The van der Waals surface area contributed by atoms with Gasteiger partial charge in [0.25, 0.3) is 0 Å². The number of tetrazole rings is 1. The van der Waals surface area contributed by atoms with Gasteiger partial charge in [-0.15, -0.1) is 5.10 Å². The number of aryl methyl sites for hydroxylation is 1. The van der Waals surface area contributed by atoms with E-state index in [1.165, 1.54) is 5.56 Å². The number of carbonyl (C=O) groups is 1. The number of amides is 2. The van der Waals surface area contributed by atoms with Crippen LogP contribution in [0, 0.1) is 12.8 Å². The van der Waals surface area contributed by atoms with Gasteiger partial charge in [-0.3, -0.25) is 0 Å². The van der Waals surface area contributed by atoms with Crippen LogP contribution in [0.4, 0.5) is 10.5 Å². The molecule has 0 radical (unpaired) electrons. The van der Waals surface area contributed by atoms with E-state index in [9.17, 15) is 4.79 Å². The summed E-state index contributed by atoms with van der Waals surface area (Å²) in [6.07, 6.45) is 1.07. The molecule has 0 aliphatic heterocycles. The number of nitrogens with zero attached hydrogens (tertiary/aromatic N) is 5. The molecular weight excluding hydrogens is 402 g/mol. The Morgan fingerprint density at radius 1 is 1.22 bits per heavy atom. The Balaban J connectivity index is 1.46. The molecule has 8 heteroatoms. The van der Waals surface area contributed by atoms with Gasteiger partial charge in [-0.1, -0.05) is 50.2 Å². The zero-order valence-electron chi connectivity index (χ0n) is 19.2. The third-order valence-corrected chi connectivity index (χ3v) is 6.06. The number of rotatable bonds is 8. The largest absolute Gasteiger partial charge is 0.334 e. The molecule has 0 saturated heterocycles. The van der Waals surface area contributed by atoms with Gasteiger partial charge in [0.15, 0.2) is 5.82 Å². The number of urea groups is 1. The number of hydrogen-bond donors (Lipinski definition) is 2. The number of para-hydroxylation sites is 1. The molecule has 168 valence electrons. The summed E-state index contributed by atoms with van der Waals surface area (Å²) in [6.45, 7) is 8.63. The van der Waals surface area contributed by atoms with Crippen LogP contribution in [-0.2, 0) is 13.1 Å². The van der Waals surface area contributed by atoms with Gasteiger partial charge in [0.1, 0.15) is 0 Å². The van der Waals surface area contributed by atoms with Crippen molar-refractivity contribution in [2.75, 3.05) is 18.9 Å². The third-order valence-electron chi connectivity index (χ3n) is 6.06. The topological polar surface area (TPSA) is 88.0 Å². The van der Waals surface area contributed by atoms with Gasteiger partial charge in [0.2, 0.25) is 0 Å². The zero-order valence-corrected chi connectivity index (χ0v) is 19.2. The van der Waals surface area contributed by atoms with E-state index in [-0.39, 0.29) is 6.03 Å². The van der Waals surface area contributed by atoms with E-state index in [0.29, 0.717) is 24.3 Å². The van der Waals surface area contributed by atoms with Crippen molar-refractivity contribution in [2.45, 2.75) is 46.3 Å². The molecule has 0 bridgehead atoms. The van der Waals surface area contributed by atoms with Crippen molar-refractivity contribution in [3.8, 4) is 11.4 Å². The second-order valence-electron chi connectivity index (χ2n) is 8.68. The molecule has 1 heterocycles. The standard InChI is InChI=1S/C24H31N7O/c1-5-30(4)15-19-10-7-9-18(13-19)14-25-24(32)26-22-16(2)8-6-11-20(22)23-27-28-29-31(23)21-12-17(21)3/h6-11,13,17,21H,5,12,14-15H2,1-4H3,(H2,25,26,32)/t17-,21-/m1/s1. The predicted molar refractivity (Wildman–Crippen MR) is 125 cm³/mol. The maximum atomic E-state index is 12.8. The van der Waals surface area contributed by atoms with Crippen LogP contribution in [0.5, 0.6) is 0 Å². The van der Waals surface area contributed by atoms with Crippen molar-refractivity contribution in [1.82, 2.24) is 30.4 Å². The fourth-order valence-corrected chi connectivity index (χ4v) is 3.86. The molecular formula is C24H31N7O. The highest BCUT2D eigenvalue weighted by molar-refractivity contribution is 5.94. The van der Waals surface area contributed by atoms with Crippen LogP contribution in [0.1, 0.15) is 43.0 Å². The molecule has 3 aromatic rings. The van der Waals surface area contributed by atoms with E-state index in [2.05, 4.69) is 64.1 Å². The lowest BCUT2D eigenvalue weighted by molar-refractivity contribution is 0.251. The van der Waals surface area contributed by atoms with E-state index in [4.69, 9.17) is 0 Å². The molecule has 0 spiro atoms. The Morgan fingerprint density at radius 3 is 2.72 bits per heavy atom. The summed E-state index contributed by atoms with van der Waals surface area (Å²) in [5, 5.41) is 18.3. The molecule has 1 fully saturated rings. The molecule has 0 unspecified atom stereocenters. The highest BCUT2D eigenvalue weighted by Crippen LogP contribution is 2.44. The van der Waals surface area contributed by atoms with Crippen LogP contribution in [-0.4, -0.2) is 44.7 Å². The summed E-state index contributed by atoms with van der Waals surface area (Å²) in [4.78, 5) is 15.0. The van der Waals surface area contributed by atoms with Crippen LogP contribution in [0.2, 0.25) is 0 Å². The maximum absolute atomic E-state index is 12.8. The van der Waals surface area contributed by atoms with Gasteiger partial charge in [0, 0.05) is 18.7 Å². The van der Waals surface area contributed by atoms with E-state index >= 15 is 0 Å². The molecule has 1 aromatic heterocycles. The molecule has 4 rings (SSSR count). The van der Waals surface area contributed by atoms with Crippen molar-refractivity contribution in [2.24, 2.45) is 5.92 Å². The van der Waals surface area contributed by atoms with E-state index in [1.54, 1.807) is 0 Å². The summed E-state index contributed by atoms with van der Waals surface area (Å²) in [5.41, 5.74) is 4.82. The van der Waals surface area contributed by atoms with Crippen LogP contribution in [0.15, 0.2) is 42.5 Å². The van der Waals surface area contributed by atoms with Crippen molar-refractivity contribution in [3.63, 3.8) is 0 Å². The van der Waals surface area contributed by atoms with Gasteiger partial charge in [-0.05, 0) is 66.0 Å². The molecule has 8 nitrogen and oxygen atoms in total. The lowest BCUT2D eigenvalue weighted by Crippen LogP contribution is -2.29. The van der Waals surface area contributed by atoms with Gasteiger partial charge < -0.3 is 15.5 Å². The van der Waals surface area contributed by atoms with E-state index < -0.39 is 0 Å². The summed E-state index contributed by atoms with van der Waals surface area (Å²) in [6, 6.07) is 14.3. The molecule has 2 amide bonds.